The van der Waals surface area contributed by atoms with E-state index < -0.39 is 0 Å². The summed E-state index contributed by atoms with van der Waals surface area (Å²) in [5, 5.41) is 4.35. The van der Waals surface area contributed by atoms with Gasteiger partial charge in [-0.15, -0.1) is 0 Å². The first-order chi connectivity index (χ1) is 13.6. The lowest BCUT2D eigenvalue weighted by atomic mass is 10.1. The number of halogens is 1. The highest BCUT2D eigenvalue weighted by molar-refractivity contribution is 9.10. The van der Waals surface area contributed by atoms with Crippen LogP contribution in [0.5, 0.6) is 0 Å². The van der Waals surface area contributed by atoms with Gasteiger partial charge in [-0.05, 0) is 48.7 Å². The van der Waals surface area contributed by atoms with E-state index in [1.54, 1.807) is 22.0 Å². The number of amides is 1. The first-order valence-electron chi connectivity index (χ1n) is 9.51. The van der Waals surface area contributed by atoms with Gasteiger partial charge in [0.25, 0.3) is 5.91 Å². The Morgan fingerprint density at radius 3 is 2.57 bits per heavy atom. The molecule has 1 amide bonds. The molecule has 5 nitrogen and oxygen atoms in total. The second-order valence-electron chi connectivity index (χ2n) is 7.13. The average Bonchev–Trinajstić information content (AvgIpc) is 3.41. The van der Waals surface area contributed by atoms with Crippen molar-refractivity contribution in [3.8, 4) is 5.69 Å². The number of carbonyl (C=O) groups is 1. The van der Waals surface area contributed by atoms with Crippen molar-refractivity contribution in [2.24, 2.45) is 0 Å². The minimum atomic E-state index is -0.0282. The van der Waals surface area contributed by atoms with Crippen LogP contribution in [0.4, 0.5) is 5.69 Å². The maximum atomic E-state index is 12.9. The van der Waals surface area contributed by atoms with Crippen LogP contribution in [0, 0.1) is 0 Å². The Bertz CT molecular complexity index is 961. The summed E-state index contributed by atoms with van der Waals surface area (Å²) in [6.45, 7) is 2.76. The smallest absolute Gasteiger partial charge is 0.257 e. The van der Waals surface area contributed by atoms with E-state index >= 15 is 0 Å². The molecule has 6 heteroatoms. The normalized spacial score (nSPS) is 13.7. The minimum absolute atomic E-state index is 0.0282. The van der Waals surface area contributed by atoms with Crippen molar-refractivity contribution in [3.63, 3.8) is 0 Å². The van der Waals surface area contributed by atoms with E-state index in [0.29, 0.717) is 12.1 Å². The van der Waals surface area contributed by atoms with E-state index in [-0.39, 0.29) is 5.91 Å². The number of hydrogen-bond donors (Lipinski definition) is 0. The molecule has 1 aliphatic rings. The molecule has 144 valence electrons. The topological polar surface area (TPSA) is 41.4 Å². The van der Waals surface area contributed by atoms with Gasteiger partial charge in [0.2, 0.25) is 0 Å². The van der Waals surface area contributed by atoms with E-state index in [1.807, 2.05) is 37.4 Å². The molecule has 2 heterocycles. The highest BCUT2D eigenvalue weighted by Crippen LogP contribution is 2.25. The Balaban J connectivity index is 1.49. The van der Waals surface area contributed by atoms with Crippen molar-refractivity contribution >= 4 is 27.5 Å². The first kappa shape index (κ1) is 18.7. The van der Waals surface area contributed by atoms with E-state index in [1.165, 1.54) is 24.1 Å². The van der Waals surface area contributed by atoms with Crippen LogP contribution in [0.3, 0.4) is 0 Å². The fraction of sp³-hybridized carbons (Fsp3) is 0.273. The van der Waals surface area contributed by atoms with Crippen molar-refractivity contribution in [3.05, 3.63) is 76.5 Å². The molecule has 3 aromatic rings. The van der Waals surface area contributed by atoms with Crippen LogP contribution in [0.25, 0.3) is 5.69 Å². The zero-order chi connectivity index (χ0) is 19.5. The molecular weight excluding hydrogens is 416 g/mol. The summed E-state index contributed by atoms with van der Waals surface area (Å²) >= 11 is 3.43. The van der Waals surface area contributed by atoms with Gasteiger partial charge in [-0.1, -0.05) is 34.1 Å². The Morgan fingerprint density at radius 1 is 1.11 bits per heavy atom. The van der Waals surface area contributed by atoms with Crippen molar-refractivity contribution < 1.29 is 4.79 Å². The summed E-state index contributed by atoms with van der Waals surface area (Å²) in [6, 6.07) is 16.2. The number of benzene rings is 2. The van der Waals surface area contributed by atoms with Crippen molar-refractivity contribution in [2.45, 2.75) is 19.4 Å². The van der Waals surface area contributed by atoms with Gasteiger partial charge in [-0.25, -0.2) is 4.68 Å². The summed E-state index contributed by atoms with van der Waals surface area (Å²) in [6.07, 6.45) is 5.89. The van der Waals surface area contributed by atoms with Gasteiger partial charge in [-0.2, -0.15) is 5.10 Å². The monoisotopic (exact) mass is 438 g/mol. The quantitative estimate of drug-likeness (QED) is 0.588. The highest BCUT2D eigenvalue weighted by Gasteiger charge is 2.19. The van der Waals surface area contributed by atoms with E-state index in [4.69, 9.17) is 0 Å². The lowest BCUT2D eigenvalue weighted by Gasteiger charge is -2.24. The number of nitrogens with zero attached hydrogens (tertiary/aromatic N) is 4. The highest BCUT2D eigenvalue weighted by atomic mass is 79.9. The molecule has 0 spiro atoms. The fourth-order valence-electron chi connectivity index (χ4n) is 3.63. The van der Waals surface area contributed by atoms with Gasteiger partial charge in [0.05, 0.1) is 17.4 Å². The Hall–Kier alpha value is -2.60. The summed E-state index contributed by atoms with van der Waals surface area (Å²) < 4.78 is 2.74. The molecular formula is C22H23BrN4O. The molecule has 0 aliphatic carbocycles. The molecule has 28 heavy (non-hydrogen) atoms. The van der Waals surface area contributed by atoms with Crippen LogP contribution in [-0.4, -0.2) is 40.7 Å². The Morgan fingerprint density at radius 2 is 1.82 bits per heavy atom. The van der Waals surface area contributed by atoms with E-state index in [2.05, 4.69) is 44.1 Å². The molecule has 2 aromatic carbocycles. The molecule has 0 N–H and O–H groups in total. The number of rotatable bonds is 5. The number of aromatic nitrogens is 2. The third-order valence-electron chi connectivity index (χ3n) is 5.11. The van der Waals surface area contributed by atoms with Crippen molar-refractivity contribution in [1.82, 2.24) is 14.7 Å². The molecule has 1 aliphatic heterocycles. The standard InChI is InChI=1S/C22H23BrN4O/c1-25(15-17-6-2-3-7-21(17)26-12-4-5-13-26)22(28)18-14-24-27(16-18)20-10-8-19(23)9-11-20/h2-3,6-11,14,16H,4-5,12-13,15H2,1H3. The zero-order valence-corrected chi connectivity index (χ0v) is 17.5. The number of hydrogen-bond acceptors (Lipinski definition) is 3. The van der Waals surface area contributed by atoms with Gasteiger partial charge in [0.1, 0.15) is 0 Å². The maximum absolute atomic E-state index is 12.9. The molecule has 0 radical (unpaired) electrons. The summed E-state index contributed by atoms with van der Waals surface area (Å²) in [7, 11) is 1.85. The Kier molecular flexibility index (Phi) is 5.48. The molecule has 4 rings (SSSR count). The largest absolute Gasteiger partial charge is 0.371 e. The third kappa shape index (κ3) is 3.97. The second-order valence-corrected chi connectivity index (χ2v) is 8.05. The zero-order valence-electron chi connectivity index (χ0n) is 15.9. The van der Waals surface area contributed by atoms with E-state index in [9.17, 15) is 4.79 Å². The Labute approximate surface area is 173 Å². The molecule has 1 aromatic heterocycles. The first-order valence-corrected chi connectivity index (χ1v) is 10.3. The van der Waals surface area contributed by atoms with Crippen LogP contribution in [0.1, 0.15) is 28.8 Å². The molecule has 0 atom stereocenters. The van der Waals surface area contributed by atoms with Gasteiger partial charge < -0.3 is 9.80 Å². The van der Waals surface area contributed by atoms with E-state index in [0.717, 1.165) is 23.2 Å². The molecule has 1 fully saturated rings. The molecule has 1 saturated heterocycles. The molecule has 0 unspecified atom stereocenters. The van der Waals surface area contributed by atoms with Gasteiger partial charge in [0, 0.05) is 43.0 Å². The SMILES string of the molecule is CN(Cc1ccccc1N1CCCC1)C(=O)c1cnn(-c2ccc(Br)cc2)c1. The van der Waals surface area contributed by atoms with Crippen LogP contribution < -0.4 is 4.90 Å². The lowest BCUT2D eigenvalue weighted by Crippen LogP contribution is -2.27. The predicted molar refractivity (Wildman–Crippen MR) is 115 cm³/mol. The molecule has 0 saturated carbocycles. The van der Waals surface area contributed by atoms with Crippen molar-refractivity contribution in [2.75, 3.05) is 25.0 Å². The average molecular weight is 439 g/mol. The summed E-state index contributed by atoms with van der Waals surface area (Å²) in [5.74, 6) is -0.0282. The predicted octanol–water partition coefficient (Wildman–Crippen LogP) is 4.51. The third-order valence-corrected chi connectivity index (χ3v) is 5.64. The van der Waals surface area contributed by atoms with Gasteiger partial charge >= 0.3 is 0 Å². The fourth-order valence-corrected chi connectivity index (χ4v) is 3.89. The number of carbonyl (C=O) groups excluding carboxylic acids is 1. The van der Waals surface area contributed by atoms with Crippen LogP contribution in [0.15, 0.2) is 65.4 Å². The summed E-state index contributed by atoms with van der Waals surface area (Å²) in [4.78, 5) is 17.1. The second kappa shape index (κ2) is 8.19. The van der Waals surface area contributed by atoms with Gasteiger partial charge in [-0.3, -0.25) is 4.79 Å². The van der Waals surface area contributed by atoms with Crippen LogP contribution in [-0.2, 0) is 6.54 Å². The van der Waals surface area contributed by atoms with Gasteiger partial charge in [0.15, 0.2) is 0 Å². The van der Waals surface area contributed by atoms with Crippen LogP contribution >= 0.6 is 15.9 Å². The minimum Gasteiger partial charge on any atom is -0.371 e. The number of anilines is 1. The summed E-state index contributed by atoms with van der Waals surface area (Å²) in [5.41, 5.74) is 3.93. The molecule has 0 bridgehead atoms. The van der Waals surface area contributed by atoms with Crippen LogP contribution in [0.2, 0.25) is 0 Å². The van der Waals surface area contributed by atoms with Crippen molar-refractivity contribution in [1.29, 1.82) is 0 Å². The lowest BCUT2D eigenvalue weighted by molar-refractivity contribution is 0.0785. The maximum Gasteiger partial charge on any atom is 0.257 e. The number of para-hydroxylation sites is 1.